The van der Waals surface area contributed by atoms with Crippen molar-refractivity contribution in [2.45, 2.75) is 26.7 Å². The Labute approximate surface area is 109 Å². The molecule has 1 atom stereocenters. The highest BCUT2D eigenvalue weighted by Crippen LogP contribution is 2.30. The summed E-state index contributed by atoms with van der Waals surface area (Å²) in [5.41, 5.74) is -0.296. The number of carbonyl (C=O) groups excluding carboxylic acids is 2. The minimum atomic E-state index is -0.296. The predicted octanol–water partition coefficient (Wildman–Crippen LogP) is 0.644. The molecule has 0 saturated carbocycles. The van der Waals surface area contributed by atoms with E-state index in [4.69, 9.17) is 0 Å². The maximum atomic E-state index is 12.4. The number of hydrogen-bond acceptors (Lipinski definition) is 4. The molecule has 1 aliphatic rings. The van der Waals surface area contributed by atoms with E-state index in [2.05, 4.69) is 10.1 Å². The zero-order chi connectivity index (χ0) is 13.8. The molecule has 0 spiro atoms. The van der Waals surface area contributed by atoms with Crippen molar-refractivity contribution >= 4 is 11.9 Å². The summed E-state index contributed by atoms with van der Waals surface area (Å²) in [5.74, 6) is -0.431. The van der Waals surface area contributed by atoms with E-state index in [-0.39, 0.29) is 23.2 Å². The van der Waals surface area contributed by atoms with E-state index < -0.39 is 0 Å². The van der Waals surface area contributed by atoms with Crippen LogP contribution in [0.2, 0.25) is 0 Å². The smallest absolute Gasteiger partial charge is 0.310 e. The molecule has 1 heterocycles. The van der Waals surface area contributed by atoms with Gasteiger partial charge in [0.05, 0.1) is 13.0 Å². The predicted molar refractivity (Wildman–Crippen MR) is 69.0 cm³/mol. The second kappa shape index (κ2) is 6.18. The van der Waals surface area contributed by atoms with Crippen LogP contribution in [0.15, 0.2) is 0 Å². The number of nitrogens with zero attached hydrogens (tertiary/aromatic N) is 1. The van der Waals surface area contributed by atoms with Gasteiger partial charge in [-0.05, 0) is 25.9 Å². The van der Waals surface area contributed by atoms with Crippen LogP contribution >= 0.6 is 0 Å². The first kappa shape index (κ1) is 15.0. The van der Waals surface area contributed by atoms with Crippen molar-refractivity contribution in [1.29, 1.82) is 0 Å². The van der Waals surface area contributed by atoms with Gasteiger partial charge < -0.3 is 15.0 Å². The average molecular weight is 256 g/mol. The molecule has 18 heavy (non-hydrogen) atoms. The maximum absolute atomic E-state index is 12.4. The molecule has 0 aromatic heterocycles. The number of hydrogen-bond donors (Lipinski definition) is 1. The number of nitrogens with one attached hydrogen (secondary N) is 1. The fraction of sp³-hybridized carbons (Fsp3) is 0.846. The van der Waals surface area contributed by atoms with Crippen LogP contribution in [0.25, 0.3) is 0 Å². The summed E-state index contributed by atoms with van der Waals surface area (Å²) in [7, 11) is 3.13. The summed E-state index contributed by atoms with van der Waals surface area (Å²) in [6, 6.07) is 0. The van der Waals surface area contributed by atoms with Crippen molar-refractivity contribution in [3.05, 3.63) is 0 Å². The van der Waals surface area contributed by atoms with Gasteiger partial charge in [-0.2, -0.15) is 0 Å². The Morgan fingerprint density at radius 1 is 1.39 bits per heavy atom. The van der Waals surface area contributed by atoms with Gasteiger partial charge in [-0.15, -0.1) is 0 Å². The Bertz CT molecular complexity index is 311. The molecule has 5 nitrogen and oxygen atoms in total. The van der Waals surface area contributed by atoms with Gasteiger partial charge in [0.25, 0.3) is 0 Å². The van der Waals surface area contributed by atoms with E-state index in [1.165, 1.54) is 7.11 Å². The number of rotatable bonds is 4. The van der Waals surface area contributed by atoms with Crippen LogP contribution in [0, 0.1) is 11.3 Å². The second-order valence-corrected chi connectivity index (χ2v) is 5.42. The molecule has 1 N–H and O–H groups in total. The first-order valence-corrected chi connectivity index (χ1v) is 6.45. The molecule has 5 heteroatoms. The Morgan fingerprint density at radius 2 is 1.94 bits per heavy atom. The SMILES string of the molecule is COC(=O)C(C)CN(C)C(=O)C1(C)CCNCC1. The zero-order valence-corrected chi connectivity index (χ0v) is 11.8. The molecule has 1 aliphatic heterocycles. The van der Waals surface area contributed by atoms with Crippen LogP contribution in [-0.4, -0.2) is 50.6 Å². The molecule has 1 amide bonds. The highest BCUT2D eigenvalue weighted by Gasteiger charge is 2.37. The normalized spacial score (nSPS) is 20.0. The molecule has 1 saturated heterocycles. The van der Waals surface area contributed by atoms with E-state index in [1.54, 1.807) is 18.9 Å². The number of ether oxygens (including phenoxy) is 1. The first-order valence-electron chi connectivity index (χ1n) is 6.45. The highest BCUT2D eigenvalue weighted by molar-refractivity contribution is 5.83. The van der Waals surface area contributed by atoms with Crippen molar-refractivity contribution in [3.8, 4) is 0 Å². The number of methoxy groups -OCH3 is 1. The summed E-state index contributed by atoms with van der Waals surface area (Å²) >= 11 is 0. The van der Waals surface area contributed by atoms with Crippen molar-refractivity contribution in [2.75, 3.05) is 33.8 Å². The largest absolute Gasteiger partial charge is 0.469 e. The van der Waals surface area contributed by atoms with E-state index in [0.29, 0.717) is 6.54 Å². The van der Waals surface area contributed by atoms with Crippen molar-refractivity contribution in [3.63, 3.8) is 0 Å². The third kappa shape index (κ3) is 3.45. The van der Waals surface area contributed by atoms with E-state index in [9.17, 15) is 9.59 Å². The fourth-order valence-electron chi connectivity index (χ4n) is 2.42. The fourth-order valence-corrected chi connectivity index (χ4v) is 2.42. The summed E-state index contributed by atoms with van der Waals surface area (Å²) in [5, 5.41) is 3.26. The molecule has 104 valence electrons. The Kier molecular flexibility index (Phi) is 5.14. The molecule has 0 aliphatic carbocycles. The Hall–Kier alpha value is -1.10. The third-order valence-corrected chi connectivity index (χ3v) is 3.72. The van der Waals surface area contributed by atoms with E-state index in [1.807, 2.05) is 6.92 Å². The van der Waals surface area contributed by atoms with Gasteiger partial charge in [-0.1, -0.05) is 13.8 Å². The lowest BCUT2D eigenvalue weighted by Gasteiger charge is -2.36. The molecule has 1 fully saturated rings. The van der Waals surface area contributed by atoms with Crippen LogP contribution < -0.4 is 5.32 Å². The Morgan fingerprint density at radius 3 is 2.44 bits per heavy atom. The van der Waals surface area contributed by atoms with Gasteiger partial charge in [0.1, 0.15) is 0 Å². The minimum Gasteiger partial charge on any atom is -0.469 e. The second-order valence-electron chi connectivity index (χ2n) is 5.42. The number of amides is 1. The topological polar surface area (TPSA) is 58.6 Å². The van der Waals surface area contributed by atoms with Gasteiger partial charge in [-0.3, -0.25) is 9.59 Å². The number of carbonyl (C=O) groups is 2. The lowest BCUT2D eigenvalue weighted by molar-refractivity contribution is -0.148. The van der Waals surface area contributed by atoms with E-state index in [0.717, 1.165) is 25.9 Å². The van der Waals surface area contributed by atoms with Crippen LogP contribution in [0.1, 0.15) is 26.7 Å². The number of piperidine rings is 1. The Balaban J connectivity index is 2.57. The van der Waals surface area contributed by atoms with Crippen LogP contribution in [0.3, 0.4) is 0 Å². The molecule has 0 bridgehead atoms. The molecule has 0 radical (unpaired) electrons. The van der Waals surface area contributed by atoms with Gasteiger partial charge in [0.2, 0.25) is 5.91 Å². The van der Waals surface area contributed by atoms with Crippen LogP contribution in [0.4, 0.5) is 0 Å². The standard InChI is InChI=1S/C13H24N2O3/c1-10(11(16)18-4)9-15(3)12(17)13(2)5-7-14-8-6-13/h10,14H,5-9H2,1-4H3. The highest BCUT2D eigenvalue weighted by atomic mass is 16.5. The molecular weight excluding hydrogens is 232 g/mol. The quantitative estimate of drug-likeness (QED) is 0.750. The lowest BCUT2D eigenvalue weighted by atomic mass is 9.79. The first-order chi connectivity index (χ1) is 8.40. The van der Waals surface area contributed by atoms with E-state index >= 15 is 0 Å². The van der Waals surface area contributed by atoms with Crippen molar-refractivity contribution in [1.82, 2.24) is 10.2 Å². The minimum absolute atomic E-state index is 0.125. The summed E-state index contributed by atoms with van der Waals surface area (Å²) in [6.45, 7) is 5.95. The molecule has 1 rings (SSSR count). The van der Waals surface area contributed by atoms with Crippen molar-refractivity contribution < 1.29 is 14.3 Å². The number of esters is 1. The molecule has 0 aromatic rings. The van der Waals surface area contributed by atoms with Gasteiger partial charge >= 0.3 is 5.97 Å². The average Bonchev–Trinajstić information content (AvgIpc) is 2.37. The molecular formula is C13H24N2O3. The molecule has 0 aromatic carbocycles. The lowest BCUT2D eigenvalue weighted by Crippen LogP contribution is -2.47. The van der Waals surface area contributed by atoms with Crippen LogP contribution in [0.5, 0.6) is 0 Å². The summed E-state index contributed by atoms with van der Waals surface area (Å²) < 4.78 is 4.68. The zero-order valence-electron chi connectivity index (χ0n) is 11.8. The van der Waals surface area contributed by atoms with Gasteiger partial charge in [-0.25, -0.2) is 0 Å². The summed E-state index contributed by atoms with van der Waals surface area (Å²) in [6.07, 6.45) is 1.70. The van der Waals surface area contributed by atoms with Crippen LogP contribution in [-0.2, 0) is 14.3 Å². The monoisotopic (exact) mass is 256 g/mol. The van der Waals surface area contributed by atoms with Gasteiger partial charge in [0, 0.05) is 19.0 Å². The third-order valence-electron chi connectivity index (χ3n) is 3.72. The van der Waals surface area contributed by atoms with Gasteiger partial charge in [0.15, 0.2) is 0 Å². The van der Waals surface area contributed by atoms with Crippen molar-refractivity contribution in [2.24, 2.45) is 11.3 Å². The maximum Gasteiger partial charge on any atom is 0.310 e. The summed E-state index contributed by atoms with van der Waals surface area (Å²) in [4.78, 5) is 25.4. The molecule has 1 unspecified atom stereocenters.